The second-order valence-corrected chi connectivity index (χ2v) is 4.33. The van der Waals surface area contributed by atoms with Crippen LogP contribution in [-0.4, -0.2) is 26.3 Å². The molecule has 0 spiro atoms. The molecule has 0 saturated heterocycles. The van der Waals surface area contributed by atoms with Gasteiger partial charge in [0.05, 0.1) is 17.9 Å². The molecule has 1 atom stereocenters. The van der Waals surface area contributed by atoms with Crippen LogP contribution in [0.3, 0.4) is 0 Å². The number of nitrogens with zero attached hydrogens (tertiary/aromatic N) is 2. The van der Waals surface area contributed by atoms with Crippen LogP contribution in [-0.2, 0) is 4.74 Å². The molecular formula is C14H21N3O. The first-order valence-corrected chi connectivity index (χ1v) is 6.19. The fourth-order valence-electron chi connectivity index (χ4n) is 1.88. The molecule has 1 rings (SSSR count). The second kappa shape index (κ2) is 6.87. The van der Waals surface area contributed by atoms with Crippen molar-refractivity contribution in [1.82, 2.24) is 0 Å². The van der Waals surface area contributed by atoms with Gasteiger partial charge >= 0.3 is 0 Å². The lowest BCUT2D eigenvalue weighted by Gasteiger charge is -2.31. The summed E-state index contributed by atoms with van der Waals surface area (Å²) in [5, 5.41) is 9.21. The minimum Gasteiger partial charge on any atom is -0.399 e. The molecule has 18 heavy (non-hydrogen) atoms. The van der Waals surface area contributed by atoms with Gasteiger partial charge in [0.2, 0.25) is 0 Å². The Morgan fingerprint density at radius 3 is 2.78 bits per heavy atom. The zero-order valence-electron chi connectivity index (χ0n) is 11.3. The Morgan fingerprint density at radius 2 is 2.22 bits per heavy atom. The minimum atomic E-state index is 0.357. The van der Waals surface area contributed by atoms with E-state index in [4.69, 9.17) is 10.5 Å². The quantitative estimate of drug-likeness (QED) is 0.784. The van der Waals surface area contributed by atoms with Gasteiger partial charge < -0.3 is 15.4 Å². The SMILES string of the molecule is CCC(C)N(CCOC)c1ccc(N)cc1C#N. The number of hydrogen-bond acceptors (Lipinski definition) is 4. The zero-order valence-corrected chi connectivity index (χ0v) is 11.3. The van der Waals surface area contributed by atoms with Crippen molar-refractivity contribution in [2.75, 3.05) is 30.9 Å². The van der Waals surface area contributed by atoms with Gasteiger partial charge in [0.1, 0.15) is 6.07 Å². The van der Waals surface area contributed by atoms with E-state index in [-0.39, 0.29) is 0 Å². The van der Waals surface area contributed by atoms with Crippen molar-refractivity contribution in [3.63, 3.8) is 0 Å². The number of benzene rings is 1. The summed E-state index contributed by atoms with van der Waals surface area (Å²) in [6.45, 7) is 5.69. The molecule has 0 heterocycles. The summed E-state index contributed by atoms with van der Waals surface area (Å²) in [7, 11) is 1.68. The molecule has 0 bridgehead atoms. The van der Waals surface area contributed by atoms with E-state index < -0.39 is 0 Å². The van der Waals surface area contributed by atoms with E-state index in [1.165, 1.54) is 0 Å². The molecule has 0 fully saturated rings. The third-order valence-electron chi connectivity index (χ3n) is 3.11. The molecule has 0 saturated carbocycles. The third-order valence-corrected chi connectivity index (χ3v) is 3.11. The average Bonchev–Trinajstić information content (AvgIpc) is 2.39. The molecule has 1 unspecified atom stereocenters. The number of hydrogen-bond donors (Lipinski definition) is 1. The highest BCUT2D eigenvalue weighted by molar-refractivity contribution is 5.64. The van der Waals surface area contributed by atoms with Gasteiger partial charge in [-0.1, -0.05) is 6.92 Å². The smallest absolute Gasteiger partial charge is 0.101 e. The minimum absolute atomic E-state index is 0.357. The summed E-state index contributed by atoms with van der Waals surface area (Å²) < 4.78 is 5.14. The number of ether oxygens (including phenoxy) is 1. The van der Waals surface area contributed by atoms with E-state index in [2.05, 4.69) is 24.8 Å². The highest BCUT2D eigenvalue weighted by Gasteiger charge is 2.16. The first-order chi connectivity index (χ1) is 8.63. The van der Waals surface area contributed by atoms with Crippen molar-refractivity contribution in [1.29, 1.82) is 5.26 Å². The van der Waals surface area contributed by atoms with Gasteiger partial charge in [-0.25, -0.2) is 0 Å². The van der Waals surface area contributed by atoms with Crippen molar-refractivity contribution < 1.29 is 4.74 Å². The lowest BCUT2D eigenvalue weighted by Crippen LogP contribution is -2.36. The molecule has 0 radical (unpaired) electrons. The topological polar surface area (TPSA) is 62.3 Å². The molecule has 4 nitrogen and oxygen atoms in total. The number of rotatable bonds is 6. The first-order valence-electron chi connectivity index (χ1n) is 6.19. The van der Waals surface area contributed by atoms with E-state index in [0.717, 1.165) is 18.7 Å². The van der Waals surface area contributed by atoms with Crippen LogP contribution in [0.5, 0.6) is 0 Å². The molecule has 0 aliphatic rings. The van der Waals surface area contributed by atoms with Crippen LogP contribution in [0.1, 0.15) is 25.8 Å². The van der Waals surface area contributed by atoms with Crippen molar-refractivity contribution in [3.05, 3.63) is 23.8 Å². The van der Waals surface area contributed by atoms with E-state index in [1.54, 1.807) is 13.2 Å². The summed E-state index contributed by atoms with van der Waals surface area (Å²) in [6.07, 6.45) is 1.01. The lowest BCUT2D eigenvalue weighted by atomic mass is 10.1. The predicted molar refractivity (Wildman–Crippen MR) is 74.5 cm³/mol. The van der Waals surface area contributed by atoms with Crippen molar-refractivity contribution in [2.45, 2.75) is 26.3 Å². The maximum absolute atomic E-state index is 9.21. The number of nitriles is 1. The lowest BCUT2D eigenvalue weighted by molar-refractivity contribution is 0.203. The van der Waals surface area contributed by atoms with Crippen molar-refractivity contribution >= 4 is 11.4 Å². The monoisotopic (exact) mass is 247 g/mol. The molecule has 4 heteroatoms. The second-order valence-electron chi connectivity index (χ2n) is 4.33. The van der Waals surface area contributed by atoms with E-state index >= 15 is 0 Å². The molecule has 1 aromatic carbocycles. The number of nitrogens with two attached hydrogens (primary N) is 1. The molecule has 98 valence electrons. The van der Waals surface area contributed by atoms with Gasteiger partial charge in [-0.3, -0.25) is 0 Å². The summed E-state index contributed by atoms with van der Waals surface area (Å²) in [4.78, 5) is 2.20. The van der Waals surface area contributed by atoms with Gasteiger partial charge in [0.15, 0.2) is 0 Å². The van der Waals surface area contributed by atoms with E-state index in [0.29, 0.717) is 23.9 Å². The van der Waals surface area contributed by atoms with Crippen LogP contribution in [0, 0.1) is 11.3 Å². The molecular weight excluding hydrogens is 226 g/mol. The van der Waals surface area contributed by atoms with Crippen molar-refractivity contribution in [2.24, 2.45) is 0 Å². The third kappa shape index (κ3) is 3.38. The summed E-state index contributed by atoms with van der Waals surface area (Å²) >= 11 is 0. The van der Waals surface area contributed by atoms with E-state index in [1.807, 2.05) is 12.1 Å². The van der Waals surface area contributed by atoms with Crippen LogP contribution in [0.2, 0.25) is 0 Å². The predicted octanol–water partition coefficient (Wildman–Crippen LogP) is 2.39. The van der Waals surface area contributed by atoms with Gasteiger partial charge in [0.25, 0.3) is 0 Å². The average molecular weight is 247 g/mol. The normalized spacial score (nSPS) is 11.9. The Morgan fingerprint density at radius 1 is 1.50 bits per heavy atom. The first kappa shape index (κ1) is 14.3. The molecule has 0 aliphatic heterocycles. The fraction of sp³-hybridized carbons (Fsp3) is 0.500. The maximum Gasteiger partial charge on any atom is 0.101 e. The van der Waals surface area contributed by atoms with Crippen LogP contribution in [0.4, 0.5) is 11.4 Å². The van der Waals surface area contributed by atoms with Gasteiger partial charge in [-0.2, -0.15) is 5.26 Å². The molecule has 1 aromatic rings. The van der Waals surface area contributed by atoms with Crippen LogP contribution in [0.15, 0.2) is 18.2 Å². The molecule has 0 aromatic heterocycles. The highest BCUT2D eigenvalue weighted by Crippen LogP contribution is 2.25. The summed E-state index contributed by atoms with van der Waals surface area (Å²) in [5.41, 5.74) is 7.88. The van der Waals surface area contributed by atoms with Crippen LogP contribution in [0.25, 0.3) is 0 Å². The maximum atomic E-state index is 9.21. The zero-order chi connectivity index (χ0) is 13.5. The van der Waals surface area contributed by atoms with Gasteiger partial charge in [-0.05, 0) is 31.5 Å². The standard InChI is InChI=1S/C14H21N3O/c1-4-11(2)17(7-8-18-3)14-6-5-13(16)9-12(14)10-15/h5-6,9,11H,4,7-8,16H2,1-3H3. The Labute approximate surface area is 109 Å². The van der Waals surface area contributed by atoms with Crippen LogP contribution < -0.4 is 10.6 Å². The summed E-state index contributed by atoms with van der Waals surface area (Å²) in [6, 6.07) is 8.03. The molecule has 0 amide bonds. The van der Waals surface area contributed by atoms with E-state index in [9.17, 15) is 5.26 Å². The fourth-order valence-corrected chi connectivity index (χ4v) is 1.88. The highest BCUT2D eigenvalue weighted by atomic mass is 16.5. The van der Waals surface area contributed by atoms with Crippen LogP contribution >= 0.6 is 0 Å². The Balaban J connectivity index is 3.08. The van der Waals surface area contributed by atoms with Gasteiger partial charge in [-0.15, -0.1) is 0 Å². The van der Waals surface area contributed by atoms with Gasteiger partial charge in [0, 0.05) is 25.4 Å². The number of nitrogen functional groups attached to an aromatic ring is 1. The Kier molecular flexibility index (Phi) is 5.47. The number of methoxy groups -OCH3 is 1. The van der Waals surface area contributed by atoms with Crippen molar-refractivity contribution in [3.8, 4) is 6.07 Å². The number of anilines is 2. The summed E-state index contributed by atoms with van der Waals surface area (Å²) in [5.74, 6) is 0. The Hall–Kier alpha value is -1.73. The largest absolute Gasteiger partial charge is 0.399 e. The molecule has 2 N–H and O–H groups in total. The molecule has 0 aliphatic carbocycles. The Bertz CT molecular complexity index is 426.